The van der Waals surface area contributed by atoms with Gasteiger partial charge in [-0.3, -0.25) is 9.80 Å². The minimum Gasteiger partial charge on any atom is -0.305 e. The summed E-state index contributed by atoms with van der Waals surface area (Å²) >= 11 is 0. The van der Waals surface area contributed by atoms with Gasteiger partial charge < -0.3 is 4.90 Å². The second kappa shape index (κ2) is 9.59. The first kappa shape index (κ1) is 22.5. The Kier molecular flexibility index (Phi) is 5.99. The molecule has 0 bridgehead atoms. The summed E-state index contributed by atoms with van der Waals surface area (Å²) in [5.41, 5.74) is 9.76. The molecular weight excluding hydrogens is 449 g/mol. The second-order valence-electron chi connectivity index (χ2n) is 9.55. The lowest BCUT2D eigenvalue weighted by Gasteiger charge is -2.26. The monoisotopic (exact) mass is 477 g/mol. The minimum atomic E-state index is -0.255. The summed E-state index contributed by atoms with van der Waals surface area (Å²) in [6.45, 7) is 0.649. The number of amides is 1. The molecule has 2 aliphatic heterocycles. The number of hydrogen-bond donors (Lipinski definition) is 1. The van der Waals surface area contributed by atoms with Crippen molar-refractivity contribution in [1.82, 2.24) is 5.43 Å². The highest BCUT2D eigenvalue weighted by Gasteiger charge is 2.41. The maximum Gasteiger partial charge on any atom is 0.230 e. The van der Waals surface area contributed by atoms with Crippen molar-refractivity contribution in [3.63, 3.8) is 0 Å². The highest BCUT2D eigenvalue weighted by atomic mass is 19.1. The number of carbonyl (C=O) groups excluding carboxylic acids is 1. The number of aryl methyl sites for hydroxylation is 1. The fraction of sp³-hybridized carbons (Fsp3) is 0.194. The van der Waals surface area contributed by atoms with E-state index in [1.807, 2.05) is 40.2 Å². The standard InChI is InChI=1S/C31H28FN3O/c32-26-13-15-27(16-14-26)35-29-18-17-28(19-25(29)21-33-35)34-30(23-9-5-2-6-10-23)20-24(31(34)36)12-11-22-7-3-1-4-8-22/h1-10,13-19,24,30,33H,11-12,20-21H2. The Morgan fingerprint density at radius 3 is 2.28 bits per heavy atom. The van der Waals surface area contributed by atoms with Gasteiger partial charge in [0.25, 0.3) is 0 Å². The molecule has 0 spiro atoms. The molecule has 1 N–H and O–H groups in total. The number of rotatable bonds is 6. The molecule has 1 amide bonds. The number of hydrogen-bond acceptors (Lipinski definition) is 3. The van der Waals surface area contributed by atoms with E-state index < -0.39 is 0 Å². The number of anilines is 3. The number of hydrazine groups is 1. The fourth-order valence-electron chi connectivity index (χ4n) is 5.47. The van der Waals surface area contributed by atoms with Crippen LogP contribution in [-0.4, -0.2) is 5.91 Å². The molecule has 2 heterocycles. The normalized spacial score (nSPS) is 19.1. The highest BCUT2D eigenvalue weighted by Crippen LogP contribution is 2.43. The maximum absolute atomic E-state index is 13.8. The van der Waals surface area contributed by atoms with Crippen LogP contribution in [-0.2, 0) is 17.8 Å². The van der Waals surface area contributed by atoms with Crippen LogP contribution in [0.5, 0.6) is 0 Å². The van der Waals surface area contributed by atoms with Gasteiger partial charge in [0.1, 0.15) is 5.82 Å². The van der Waals surface area contributed by atoms with Crippen molar-refractivity contribution in [1.29, 1.82) is 0 Å². The number of nitrogens with zero attached hydrogens (tertiary/aromatic N) is 2. The van der Waals surface area contributed by atoms with Crippen LogP contribution < -0.4 is 15.3 Å². The van der Waals surface area contributed by atoms with Crippen LogP contribution in [0.2, 0.25) is 0 Å². The molecule has 5 heteroatoms. The number of halogens is 1. The fourth-order valence-corrected chi connectivity index (χ4v) is 5.47. The Balaban J connectivity index is 1.29. The average molecular weight is 478 g/mol. The summed E-state index contributed by atoms with van der Waals surface area (Å²) in [6.07, 6.45) is 2.55. The molecular formula is C31H28FN3O. The summed E-state index contributed by atoms with van der Waals surface area (Å²) in [6, 6.07) is 33.4. The Morgan fingerprint density at radius 1 is 0.833 bits per heavy atom. The van der Waals surface area contributed by atoms with Gasteiger partial charge in [-0.05, 0) is 78.4 Å². The first-order valence-corrected chi connectivity index (χ1v) is 12.5. The number of fused-ring (bicyclic) bond motifs is 1. The molecule has 4 aromatic rings. The number of benzene rings is 4. The summed E-state index contributed by atoms with van der Waals surface area (Å²) in [7, 11) is 0. The Bertz CT molecular complexity index is 1360. The van der Waals surface area contributed by atoms with E-state index in [1.54, 1.807) is 12.1 Å². The van der Waals surface area contributed by atoms with Gasteiger partial charge in [0.2, 0.25) is 5.91 Å². The maximum atomic E-state index is 13.8. The highest BCUT2D eigenvalue weighted by molar-refractivity contribution is 5.98. The van der Waals surface area contributed by atoms with Crippen molar-refractivity contribution in [2.75, 3.05) is 9.91 Å². The molecule has 36 heavy (non-hydrogen) atoms. The Morgan fingerprint density at radius 2 is 1.53 bits per heavy atom. The predicted molar refractivity (Wildman–Crippen MR) is 141 cm³/mol. The third kappa shape index (κ3) is 4.27. The lowest BCUT2D eigenvalue weighted by molar-refractivity contribution is -0.120. The zero-order chi connectivity index (χ0) is 24.5. The SMILES string of the molecule is O=C1C(CCc2ccccc2)CC(c2ccccc2)N1c1ccc2c(c1)CNN2c1ccc(F)cc1. The molecule has 180 valence electrons. The van der Waals surface area contributed by atoms with E-state index in [2.05, 4.69) is 54.0 Å². The minimum absolute atomic E-state index is 0.0140. The number of nitrogens with one attached hydrogen (secondary N) is 1. The lowest BCUT2D eigenvalue weighted by Crippen LogP contribution is -2.29. The molecule has 2 atom stereocenters. The number of carbonyl (C=O) groups is 1. The van der Waals surface area contributed by atoms with Crippen LogP contribution in [0.1, 0.15) is 35.6 Å². The van der Waals surface area contributed by atoms with E-state index in [1.165, 1.54) is 23.3 Å². The predicted octanol–water partition coefficient (Wildman–Crippen LogP) is 6.71. The Labute approximate surface area is 211 Å². The average Bonchev–Trinajstić information content (AvgIpc) is 3.49. The Hall–Kier alpha value is -3.96. The van der Waals surface area contributed by atoms with Crippen molar-refractivity contribution in [3.05, 3.63) is 126 Å². The van der Waals surface area contributed by atoms with Gasteiger partial charge >= 0.3 is 0 Å². The van der Waals surface area contributed by atoms with E-state index in [0.717, 1.165) is 41.9 Å². The molecule has 1 saturated heterocycles. The first-order chi connectivity index (χ1) is 17.7. The zero-order valence-corrected chi connectivity index (χ0v) is 20.0. The summed E-state index contributed by atoms with van der Waals surface area (Å²) in [4.78, 5) is 15.8. The van der Waals surface area contributed by atoms with Crippen LogP contribution >= 0.6 is 0 Å². The third-order valence-electron chi connectivity index (χ3n) is 7.31. The molecule has 0 saturated carbocycles. The van der Waals surface area contributed by atoms with Crippen LogP contribution in [0, 0.1) is 11.7 Å². The van der Waals surface area contributed by atoms with Crippen LogP contribution in [0.4, 0.5) is 21.5 Å². The van der Waals surface area contributed by atoms with E-state index in [9.17, 15) is 9.18 Å². The van der Waals surface area contributed by atoms with Crippen molar-refractivity contribution < 1.29 is 9.18 Å². The van der Waals surface area contributed by atoms with Crippen molar-refractivity contribution in [2.45, 2.75) is 31.8 Å². The molecule has 4 nitrogen and oxygen atoms in total. The zero-order valence-electron chi connectivity index (χ0n) is 20.0. The van der Waals surface area contributed by atoms with Gasteiger partial charge in [-0.2, -0.15) is 0 Å². The van der Waals surface area contributed by atoms with Crippen molar-refractivity contribution >= 4 is 23.0 Å². The van der Waals surface area contributed by atoms with Gasteiger partial charge in [0.05, 0.1) is 17.4 Å². The molecule has 2 aliphatic rings. The molecule has 0 aromatic heterocycles. The molecule has 4 aromatic carbocycles. The van der Waals surface area contributed by atoms with Crippen molar-refractivity contribution in [3.8, 4) is 0 Å². The largest absolute Gasteiger partial charge is 0.305 e. The van der Waals surface area contributed by atoms with Crippen molar-refractivity contribution in [2.24, 2.45) is 5.92 Å². The van der Waals surface area contributed by atoms with Gasteiger partial charge in [0.15, 0.2) is 0 Å². The van der Waals surface area contributed by atoms with Crippen LogP contribution in [0.25, 0.3) is 0 Å². The smallest absolute Gasteiger partial charge is 0.230 e. The summed E-state index contributed by atoms with van der Waals surface area (Å²) < 4.78 is 13.4. The van der Waals surface area contributed by atoms with E-state index in [-0.39, 0.29) is 23.7 Å². The topological polar surface area (TPSA) is 35.6 Å². The van der Waals surface area contributed by atoms with Gasteiger partial charge in [0, 0.05) is 18.2 Å². The van der Waals surface area contributed by atoms with Crippen LogP contribution in [0.15, 0.2) is 103 Å². The molecule has 6 rings (SSSR count). The lowest BCUT2D eigenvalue weighted by atomic mass is 9.94. The molecule has 0 aliphatic carbocycles. The second-order valence-corrected chi connectivity index (χ2v) is 9.55. The van der Waals surface area contributed by atoms with E-state index in [0.29, 0.717) is 6.54 Å². The molecule has 1 fully saturated rings. The first-order valence-electron chi connectivity index (χ1n) is 12.5. The summed E-state index contributed by atoms with van der Waals surface area (Å²) in [5, 5.41) is 1.97. The van der Waals surface area contributed by atoms with E-state index >= 15 is 0 Å². The summed E-state index contributed by atoms with van der Waals surface area (Å²) in [5.74, 6) is -0.0755. The molecule has 2 unspecified atom stereocenters. The third-order valence-corrected chi connectivity index (χ3v) is 7.31. The molecule has 0 radical (unpaired) electrons. The quantitative estimate of drug-likeness (QED) is 0.335. The van der Waals surface area contributed by atoms with Gasteiger partial charge in [-0.1, -0.05) is 60.7 Å². The van der Waals surface area contributed by atoms with Gasteiger partial charge in [-0.25, -0.2) is 9.82 Å². The van der Waals surface area contributed by atoms with Gasteiger partial charge in [-0.15, -0.1) is 0 Å². The van der Waals surface area contributed by atoms with E-state index in [4.69, 9.17) is 0 Å². The van der Waals surface area contributed by atoms with Crippen LogP contribution in [0.3, 0.4) is 0 Å².